The maximum absolute atomic E-state index is 12.5. The summed E-state index contributed by atoms with van der Waals surface area (Å²) in [6.45, 7) is 4.34. The lowest BCUT2D eigenvalue weighted by Gasteiger charge is -2.46. The van der Waals surface area contributed by atoms with Crippen molar-refractivity contribution in [1.82, 2.24) is 5.32 Å². The molecule has 0 saturated carbocycles. The molecule has 0 bridgehead atoms. The van der Waals surface area contributed by atoms with Gasteiger partial charge in [-0.3, -0.25) is 4.79 Å². The number of carbonyl (C=O) groups excluding carboxylic acids is 1. The van der Waals surface area contributed by atoms with Gasteiger partial charge in [0.2, 0.25) is 11.6 Å². The summed E-state index contributed by atoms with van der Waals surface area (Å²) in [5.74, 6) is 0.547. The number of nitriles is 1. The van der Waals surface area contributed by atoms with Crippen LogP contribution in [0, 0.1) is 11.3 Å². The standard InChI is InChI=1S/C22H20BrN3O2/c1-21(2)17-5-3-4-6-18(17)26(14-20(27)25-12-11-24)22(21)10-9-15-7-8-16(23)13-19(15)28-22/h3-10,13H,12,14H2,1-2H3,(H,25,27)/t22-/m0/s1. The van der Waals surface area contributed by atoms with Crippen LogP contribution in [-0.2, 0) is 10.2 Å². The highest BCUT2D eigenvalue weighted by Crippen LogP contribution is 2.54. The van der Waals surface area contributed by atoms with Gasteiger partial charge in [0.05, 0.1) is 11.5 Å². The van der Waals surface area contributed by atoms with Crippen LogP contribution in [0.5, 0.6) is 5.75 Å². The van der Waals surface area contributed by atoms with Gasteiger partial charge in [-0.1, -0.05) is 40.2 Å². The minimum atomic E-state index is -0.853. The zero-order valence-corrected chi connectivity index (χ0v) is 17.3. The van der Waals surface area contributed by atoms with Gasteiger partial charge < -0.3 is 15.0 Å². The zero-order valence-electron chi connectivity index (χ0n) is 15.7. The monoisotopic (exact) mass is 437 g/mol. The molecule has 0 fully saturated rings. The van der Waals surface area contributed by atoms with E-state index >= 15 is 0 Å². The molecule has 2 aromatic rings. The van der Waals surface area contributed by atoms with Crippen LogP contribution in [0.15, 0.2) is 53.0 Å². The number of hydrogen-bond acceptors (Lipinski definition) is 4. The summed E-state index contributed by atoms with van der Waals surface area (Å²) in [4.78, 5) is 14.5. The fourth-order valence-electron chi connectivity index (χ4n) is 4.11. The molecular formula is C22H20BrN3O2. The number of carbonyl (C=O) groups is 1. The first-order chi connectivity index (χ1) is 13.4. The minimum Gasteiger partial charge on any atom is -0.463 e. The summed E-state index contributed by atoms with van der Waals surface area (Å²) in [5.41, 5.74) is 1.81. The molecule has 5 nitrogen and oxygen atoms in total. The Labute approximate surface area is 172 Å². The van der Waals surface area contributed by atoms with E-state index in [1.807, 2.05) is 53.4 Å². The van der Waals surface area contributed by atoms with E-state index in [4.69, 9.17) is 10.00 Å². The molecule has 2 aromatic carbocycles. The number of hydrogen-bond donors (Lipinski definition) is 1. The molecule has 142 valence electrons. The van der Waals surface area contributed by atoms with E-state index in [-0.39, 0.29) is 19.0 Å². The SMILES string of the molecule is CC1(C)c2ccccc2N(CC(=O)NCC#N)[C@]12C=Cc1ccc(Br)cc1O2. The molecule has 4 rings (SSSR count). The van der Waals surface area contributed by atoms with Crippen molar-refractivity contribution in [3.63, 3.8) is 0 Å². The molecule has 1 spiro atoms. The number of nitrogens with one attached hydrogen (secondary N) is 1. The summed E-state index contributed by atoms with van der Waals surface area (Å²) in [5, 5.41) is 11.4. The van der Waals surface area contributed by atoms with Gasteiger partial charge in [0.1, 0.15) is 18.8 Å². The fraction of sp³-hybridized carbons (Fsp3) is 0.273. The molecule has 0 aromatic heterocycles. The van der Waals surface area contributed by atoms with E-state index in [1.54, 1.807) is 0 Å². The highest BCUT2D eigenvalue weighted by molar-refractivity contribution is 9.10. The van der Waals surface area contributed by atoms with Crippen molar-refractivity contribution in [2.75, 3.05) is 18.0 Å². The van der Waals surface area contributed by atoms with Gasteiger partial charge in [-0.25, -0.2) is 0 Å². The second-order valence-electron chi connectivity index (χ2n) is 7.48. The van der Waals surface area contributed by atoms with E-state index in [0.717, 1.165) is 27.0 Å². The number of benzene rings is 2. The molecular weight excluding hydrogens is 418 g/mol. The van der Waals surface area contributed by atoms with Crippen molar-refractivity contribution in [3.8, 4) is 11.8 Å². The quantitative estimate of drug-likeness (QED) is 0.737. The zero-order chi connectivity index (χ0) is 19.9. The van der Waals surface area contributed by atoms with Crippen molar-refractivity contribution in [3.05, 3.63) is 64.1 Å². The normalized spacial score (nSPS) is 20.9. The van der Waals surface area contributed by atoms with Crippen LogP contribution in [0.2, 0.25) is 0 Å². The van der Waals surface area contributed by atoms with Crippen LogP contribution in [0.25, 0.3) is 6.08 Å². The van der Waals surface area contributed by atoms with Gasteiger partial charge in [0, 0.05) is 15.7 Å². The Morgan fingerprint density at radius 3 is 2.86 bits per heavy atom. The number of ether oxygens (including phenoxy) is 1. The predicted molar refractivity (Wildman–Crippen MR) is 112 cm³/mol. The second-order valence-corrected chi connectivity index (χ2v) is 8.39. The Bertz CT molecular complexity index is 1020. The summed E-state index contributed by atoms with van der Waals surface area (Å²) in [6.07, 6.45) is 4.10. The predicted octanol–water partition coefficient (Wildman–Crippen LogP) is 3.99. The number of para-hydroxylation sites is 1. The van der Waals surface area contributed by atoms with Crippen molar-refractivity contribution in [1.29, 1.82) is 5.26 Å². The minimum absolute atomic E-state index is 0.0167. The van der Waals surface area contributed by atoms with Gasteiger partial charge in [0.15, 0.2) is 0 Å². The van der Waals surface area contributed by atoms with Crippen molar-refractivity contribution in [2.45, 2.75) is 25.0 Å². The number of anilines is 1. The molecule has 6 heteroatoms. The third-order valence-electron chi connectivity index (χ3n) is 5.56. The Hall–Kier alpha value is -2.78. The average molecular weight is 438 g/mol. The summed E-state index contributed by atoms with van der Waals surface area (Å²) < 4.78 is 7.57. The second kappa shape index (κ2) is 6.68. The van der Waals surface area contributed by atoms with Gasteiger partial charge in [0.25, 0.3) is 0 Å². The van der Waals surface area contributed by atoms with E-state index in [2.05, 4.69) is 47.2 Å². The Morgan fingerprint density at radius 2 is 2.07 bits per heavy atom. The highest BCUT2D eigenvalue weighted by atomic mass is 79.9. The summed E-state index contributed by atoms with van der Waals surface area (Å²) >= 11 is 3.52. The van der Waals surface area contributed by atoms with Crippen LogP contribution in [0.3, 0.4) is 0 Å². The van der Waals surface area contributed by atoms with Gasteiger partial charge in [-0.2, -0.15) is 5.26 Å². The molecule has 28 heavy (non-hydrogen) atoms. The van der Waals surface area contributed by atoms with Crippen molar-refractivity contribution < 1.29 is 9.53 Å². The van der Waals surface area contributed by atoms with Gasteiger partial charge in [-0.05, 0) is 49.8 Å². The van der Waals surface area contributed by atoms with E-state index < -0.39 is 11.1 Å². The molecule has 0 radical (unpaired) electrons. The molecule has 2 aliphatic heterocycles. The lowest BCUT2D eigenvalue weighted by Crippen LogP contribution is -2.61. The van der Waals surface area contributed by atoms with Crippen LogP contribution in [0.4, 0.5) is 5.69 Å². The largest absolute Gasteiger partial charge is 0.463 e. The first-order valence-corrected chi connectivity index (χ1v) is 9.87. The lowest BCUT2D eigenvalue weighted by molar-refractivity contribution is -0.120. The molecule has 2 heterocycles. The molecule has 0 unspecified atom stereocenters. The van der Waals surface area contributed by atoms with Gasteiger partial charge in [-0.15, -0.1) is 0 Å². The van der Waals surface area contributed by atoms with E-state index in [9.17, 15) is 4.79 Å². The molecule has 1 atom stereocenters. The lowest BCUT2D eigenvalue weighted by atomic mass is 9.76. The fourth-order valence-corrected chi connectivity index (χ4v) is 4.45. The summed E-state index contributed by atoms with van der Waals surface area (Å²) in [6, 6.07) is 15.9. The topological polar surface area (TPSA) is 65.4 Å². The average Bonchev–Trinajstić information content (AvgIpc) is 2.85. The summed E-state index contributed by atoms with van der Waals surface area (Å²) in [7, 11) is 0. The highest BCUT2D eigenvalue weighted by Gasteiger charge is 2.59. The Morgan fingerprint density at radius 1 is 1.29 bits per heavy atom. The molecule has 2 aliphatic rings. The molecule has 0 saturated heterocycles. The number of fused-ring (bicyclic) bond motifs is 2. The van der Waals surface area contributed by atoms with Crippen molar-refractivity contribution in [2.24, 2.45) is 0 Å². The first kappa shape index (κ1) is 18.6. The Balaban J connectivity index is 1.82. The maximum Gasteiger partial charge on any atom is 0.240 e. The number of rotatable bonds is 3. The third-order valence-corrected chi connectivity index (χ3v) is 6.05. The maximum atomic E-state index is 12.5. The first-order valence-electron chi connectivity index (χ1n) is 9.08. The van der Waals surface area contributed by atoms with Crippen LogP contribution in [0.1, 0.15) is 25.0 Å². The smallest absolute Gasteiger partial charge is 0.240 e. The molecule has 1 N–H and O–H groups in total. The van der Waals surface area contributed by atoms with Crippen LogP contribution >= 0.6 is 15.9 Å². The molecule has 0 aliphatic carbocycles. The Kier molecular flexibility index (Phi) is 4.43. The van der Waals surface area contributed by atoms with E-state index in [0.29, 0.717) is 0 Å². The van der Waals surface area contributed by atoms with Crippen LogP contribution < -0.4 is 15.0 Å². The molecule has 1 amide bonds. The number of halogens is 1. The third kappa shape index (κ3) is 2.70. The van der Waals surface area contributed by atoms with E-state index in [1.165, 1.54) is 0 Å². The van der Waals surface area contributed by atoms with Crippen molar-refractivity contribution >= 4 is 33.6 Å². The van der Waals surface area contributed by atoms with Crippen LogP contribution in [-0.4, -0.2) is 24.7 Å². The number of nitrogens with zero attached hydrogens (tertiary/aromatic N) is 2. The number of amides is 1. The van der Waals surface area contributed by atoms with Gasteiger partial charge >= 0.3 is 0 Å².